The summed E-state index contributed by atoms with van der Waals surface area (Å²) in [5.74, 6) is -1.35. The third-order valence-electron chi connectivity index (χ3n) is 8.93. The number of carbonyl (C=O) groups is 1. The summed E-state index contributed by atoms with van der Waals surface area (Å²) in [4.78, 5) is 17.9. The highest BCUT2D eigenvalue weighted by atomic mass is 35.5. The fourth-order valence-electron chi connectivity index (χ4n) is 6.68. The van der Waals surface area contributed by atoms with E-state index in [0.717, 1.165) is 31.6 Å². The van der Waals surface area contributed by atoms with Gasteiger partial charge in [0.2, 0.25) is 5.91 Å². The van der Waals surface area contributed by atoms with E-state index in [0.29, 0.717) is 31.8 Å². The van der Waals surface area contributed by atoms with E-state index in [2.05, 4.69) is 33.2 Å². The average Bonchev–Trinajstić information content (AvgIpc) is 3.37. The molecule has 1 aliphatic carbocycles. The summed E-state index contributed by atoms with van der Waals surface area (Å²) in [6.07, 6.45) is -2.31. The van der Waals surface area contributed by atoms with Crippen molar-refractivity contribution in [2.75, 3.05) is 19.6 Å². The summed E-state index contributed by atoms with van der Waals surface area (Å²) in [5.41, 5.74) is 0. The molecule has 37 heavy (non-hydrogen) atoms. The molecule has 0 spiro atoms. The summed E-state index contributed by atoms with van der Waals surface area (Å²) in [7, 11) is 0. The quantitative estimate of drug-likeness (QED) is 0.298. The van der Waals surface area contributed by atoms with E-state index in [1.54, 1.807) is 0 Å². The smallest absolute Gasteiger partial charge is 0.374 e. The molecule has 1 amide bonds. The fraction of sp³-hybridized carbons (Fsp3) is 0.923. The van der Waals surface area contributed by atoms with Crippen LogP contribution in [-0.2, 0) is 4.79 Å². The molecule has 0 aromatic heterocycles. The minimum Gasteiger partial charge on any atom is -0.374 e. The van der Waals surface area contributed by atoms with Gasteiger partial charge in [-0.15, -0.1) is 11.6 Å². The number of amides is 1. The van der Waals surface area contributed by atoms with E-state index in [9.17, 15) is 22.4 Å². The molecule has 0 aromatic carbocycles. The number of carbonyl (C=O) groups excluding carboxylic acids is 1. The van der Waals surface area contributed by atoms with Crippen LogP contribution < -0.4 is 21.3 Å². The van der Waals surface area contributed by atoms with Crippen molar-refractivity contribution in [3.05, 3.63) is 0 Å². The number of nitrogens with one attached hydrogen (secondary N) is 4. The zero-order valence-corrected chi connectivity index (χ0v) is 22.6. The van der Waals surface area contributed by atoms with Crippen molar-refractivity contribution in [3.63, 3.8) is 0 Å². The van der Waals surface area contributed by atoms with Gasteiger partial charge in [0.15, 0.2) is 0 Å². The predicted octanol–water partition coefficient (Wildman–Crippen LogP) is 3.93. The first-order valence-electron chi connectivity index (χ1n) is 13.9. The standard InChI is InChI=1S/C26H42ClF4N5O/c1-14-8-21(33-13-20(14)27)15(2)35-25(37)23-10-16(12-34-24-4-3-7-32-24)9-22(36-23)18-6-5-17(28)11-19(18)26(29,30)31/h14-23,33,36H,3-13H2,1-2H3,(H,32,34)(H,35,37). The summed E-state index contributed by atoms with van der Waals surface area (Å²) in [6, 6.07) is -1.16. The van der Waals surface area contributed by atoms with Gasteiger partial charge < -0.3 is 21.3 Å². The first-order chi connectivity index (χ1) is 17.5. The fourth-order valence-corrected chi connectivity index (χ4v) is 6.87. The summed E-state index contributed by atoms with van der Waals surface area (Å²) < 4.78 is 55.9. The van der Waals surface area contributed by atoms with Gasteiger partial charge >= 0.3 is 6.18 Å². The lowest BCUT2D eigenvalue weighted by atomic mass is 9.70. The highest BCUT2D eigenvalue weighted by molar-refractivity contribution is 6.21. The van der Waals surface area contributed by atoms with Crippen LogP contribution >= 0.6 is 11.6 Å². The largest absolute Gasteiger partial charge is 0.392 e. The summed E-state index contributed by atoms with van der Waals surface area (Å²) >= 11 is 6.32. The molecule has 212 valence electrons. The number of hydrogen-bond acceptors (Lipinski definition) is 5. The third kappa shape index (κ3) is 7.50. The van der Waals surface area contributed by atoms with E-state index in [1.165, 1.54) is 0 Å². The third-order valence-corrected chi connectivity index (χ3v) is 9.51. The lowest BCUT2D eigenvalue weighted by Gasteiger charge is -2.45. The van der Waals surface area contributed by atoms with E-state index in [1.807, 2.05) is 6.92 Å². The Kier molecular flexibility index (Phi) is 9.65. The first-order valence-corrected chi connectivity index (χ1v) is 14.4. The van der Waals surface area contributed by atoms with Gasteiger partial charge in [-0.2, -0.15) is 13.2 Å². The maximum absolute atomic E-state index is 14.0. The molecule has 0 bridgehead atoms. The van der Waals surface area contributed by atoms with Gasteiger partial charge in [0.05, 0.1) is 17.8 Å². The van der Waals surface area contributed by atoms with Crippen LogP contribution in [0.5, 0.6) is 0 Å². The number of piperidine rings is 2. The van der Waals surface area contributed by atoms with Crippen LogP contribution in [0.4, 0.5) is 17.6 Å². The van der Waals surface area contributed by atoms with E-state index in [4.69, 9.17) is 11.6 Å². The molecule has 10 atom stereocenters. The molecule has 4 aliphatic rings. The number of amidine groups is 1. The Labute approximate surface area is 222 Å². The molecule has 4 N–H and O–H groups in total. The Morgan fingerprint density at radius 2 is 2.00 bits per heavy atom. The van der Waals surface area contributed by atoms with Gasteiger partial charge in [-0.1, -0.05) is 6.92 Å². The minimum atomic E-state index is -4.46. The van der Waals surface area contributed by atoms with Crippen molar-refractivity contribution in [2.45, 2.75) is 107 Å². The van der Waals surface area contributed by atoms with Crippen LogP contribution in [0.15, 0.2) is 4.99 Å². The molecular weight excluding hydrogens is 510 g/mol. The summed E-state index contributed by atoms with van der Waals surface area (Å²) in [5, 5.41) is 13.2. The van der Waals surface area contributed by atoms with E-state index >= 15 is 0 Å². The molecule has 11 heteroatoms. The van der Waals surface area contributed by atoms with E-state index in [-0.39, 0.29) is 42.1 Å². The van der Waals surface area contributed by atoms with Gasteiger partial charge in [0, 0.05) is 49.6 Å². The Morgan fingerprint density at radius 3 is 2.68 bits per heavy atom. The second kappa shape index (κ2) is 12.4. The molecule has 3 aliphatic heterocycles. The van der Waals surface area contributed by atoms with Crippen LogP contribution in [0.1, 0.15) is 65.2 Å². The average molecular weight is 552 g/mol. The normalized spacial score (nSPS) is 40.1. The van der Waals surface area contributed by atoms with Crippen LogP contribution in [0.2, 0.25) is 0 Å². The number of alkyl halides is 5. The van der Waals surface area contributed by atoms with Crippen molar-refractivity contribution in [1.82, 2.24) is 21.3 Å². The van der Waals surface area contributed by atoms with Gasteiger partial charge in [0.25, 0.3) is 0 Å². The molecule has 0 aromatic rings. The van der Waals surface area contributed by atoms with E-state index < -0.39 is 42.7 Å². The first kappa shape index (κ1) is 28.9. The Bertz CT molecular complexity index is 814. The predicted molar refractivity (Wildman–Crippen MR) is 138 cm³/mol. The second-order valence-corrected chi connectivity index (χ2v) is 12.3. The van der Waals surface area contributed by atoms with Crippen LogP contribution in [-0.4, -0.2) is 73.3 Å². The highest BCUT2D eigenvalue weighted by Gasteiger charge is 2.51. The maximum atomic E-state index is 14.0. The van der Waals surface area contributed by atoms with Gasteiger partial charge in [-0.3, -0.25) is 9.79 Å². The van der Waals surface area contributed by atoms with Crippen molar-refractivity contribution >= 4 is 23.3 Å². The molecule has 3 fully saturated rings. The Balaban J connectivity index is 1.45. The van der Waals surface area contributed by atoms with Crippen molar-refractivity contribution in [2.24, 2.45) is 28.7 Å². The molecular formula is C26H42ClF4N5O. The number of aliphatic imine (C=N–C) groups is 1. The zero-order valence-electron chi connectivity index (χ0n) is 21.8. The van der Waals surface area contributed by atoms with Crippen molar-refractivity contribution in [1.29, 1.82) is 0 Å². The molecule has 6 nitrogen and oxygen atoms in total. The molecule has 3 heterocycles. The maximum Gasteiger partial charge on any atom is 0.392 e. The van der Waals surface area contributed by atoms with Gasteiger partial charge in [-0.05, 0) is 69.6 Å². The van der Waals surface area contributed by atoms with Crippen LogP contribution in [0, 0.1) is 23.7 Å². The minimum absolute atomic E-state index is 0.0161. The second-order valence-electron chi connectivity index (χ2n) is 11.7. The molecule has 1 saturated carbocycles. The number of hydrogen-bond donors (Lipinski definition) is 4. The van der Waals surface area contributed by atoms with Crippen molar-refractivity contribution in [3.8, 4) is 0 Å². The monoisotopic (exact) mass is 551 g/mol. The van der Waals surface area contributed by atoms with Crippen LogP contribution in [0.25, 0.3) is 0 Å². The number of rotatable bonds is 6. The van der Waals surface area contributed by atoms with Gasteiger partial charge in [0.1, 0.15) is 6.17 Å². The molecule has 10 unspecified atom stereocenters. The molecule has 4 rings (SSSR count). The lowest BCUT2D eigenvalue weighted by Crippen LogP contribution is -2.61. The highest BCUT2D eigenvalue weighted by Crippen LogP contribution is 2.45. The topological polar surface area (TPSA) is 77.5 Å². The Hall–Kier alpha value is -1.13. The number of nitrogens with zero attached hydrogens (tertiary/aromatic N) is 1. The lowest BCUT2D eigenvalue weighted by molar-refractivity contribution is -0.206. The van der Waals surface area contributed by atoms with Crippen LogP contribution in [0.3, 0.4) is 0 Å². The SMILES string of the molecule is CC1CC(C(C)NC(=O)C2CC(CNC3=NCCC3)CC(C3CCC(F)CC3C(F)(F)F)N2)NCC1Cl. The van der Waals surface area contributed by atoms with Gasteiger partial charge in [-0.25, -0.2) is 4.39 Å². The van der Waals surface area contributed by atoms with Crippen molar-refractivity contribution < 1.29 is 22.4 Å². The molecule has 0 radical (unpaired) electrons. The zero-order chi connectivity index (χ0) is 26.7. The number of halogens is 5. The Morgan fingerprint density at radius 1 is 1.22 bits per heavy atom. The summed E-state index contributed by atoms with van der Waals surface area (Å²) in [6.45, 7) is 6.09. The molecule has 2 saturated heterocycles.